The van der Waals surface area contributed by atoms with Crippen molar-refractivity contribution in [1.29, 1.82) is 0 Å². The number of rotatable bonds is 9. The molecule has 0 amide bonds. The van der Waals surface area contributed by atoms with Crippen LogP contribution in [0.5, 0.6) is 0 Å². The SMILES string of the molecule is CN=C(NCCCOCC1CCOCC1)NCCC1CCN(C)CC1. The van der Waals surface area contributed by atoms with Crippen LogP contribution >= 0.6 is 0 Å². The summed E-state index contributed by atoms with van der Waals surface area (Å²) in [5.41, 5.74) is 0. The lowest BCUT2D eigenvalue weighted by Gasteiger charge is -2.29. The first-order valence-electron chi connectivity index (χ1n) is 10.1. The van der Waals surface area contributed by atoms with Crippen molar-refractivity contribution in [3.63, 3.8) is 0 Å². The van der Waals surface area contributed by atoms with Gasteiger partial charge in [-0.1, -0.05) is 0 Å². The predicted octanol–water partition coefficient (Wildman–Crippen LogP) is 1.72. The normalized spacial score (nSPS) is 21.4. The highest BCUT2D eigenvalue weighted by molar-refractivity contribution is 5.79. The molecule has 0 aromatic heterocycles. The van der Waals surface area contributed by atoms with Crippen LogP contribution in [0.1, 0.15) is 38.5 Å². The number of nitrogens with one attached hydrogen (secondary N) is 2. The Hall–Kier alpha value is -0.850. The predicted molar refractivity (Wildman–Crippen MR) is 103 cm³/mol. The van der Waals surface area contributed by atoms with Crippen LogP contribution in [0.3, 0.4) is 0 Å². The van der Waals surface area contributed by atoms with Crippen LogP contribution in [-0.4, -0.2) is 77.6 Å². The van der Waals surface area contributed by atoms with E-state index >= 15 is 0 Å². The fourth-order valence-corrected chi connectivity index (χ4v) is 3.51. The summed E-state index contributed by atoms with van der Waals surface area (Å²) < 4.78 is 11.2. The lowest BCUT2D eigenvalue weighted by molar-refractivity contribution is 0.0203. The van der Waals surface area contributed by atoms with Crippen molar-refractivity contribution in [2.24, 2.45) is 16.8 Å². The molecular weight excluding hydrogens is 316 g/mol. The second-order valence-corrected chi connectivity index (χ2v) is 7.45. The van der Waals surface area contributed by atoms with Gasteiger partial charge in [-0.15, -0.1) is 0 Å². The van der Waals surface area contributed by atoms with E-state index < -0.39 is 0 Å². The molecule has 0 radical (unpaired) electrons. The summed E-state index contributed by atoms with van der Waals surface area (Å²) in [6.07, 6.45) is 7.20. The lowest BCUT2D eigenvalue weighted by atomic mass is 9.94. The number of nitrogens with zero attached hydrogens (tertiary/aromatic N) is 2. The zero-order valence-electron chi connectivity index (χ0n) is 16.3. The fourth-order valence-electron chi connectivity index (χ4n) is 3.51. The average Bonchev–Trinajstić information content (AvgIpc) is 2.65. The molecule has 25 heavy (non-hydrogen) atoms. The molecule has 0 aliphatic carbocycles. The summed E-state index contributed by atoms with van der Waals surface area (Å²) in [7, 11) is 4.06. The highest BCUT2D eigenvalue weighted by Crippen LogP contribution is 2.18. The van der Waals surface area contributed by atoms with Crippen molar-refractivity contribution in [3.05, 3.63) is 0 Å². The number of piperidine rings is 1. The van der Waals surface area contributed by atoms with Crippen molar-refractivity contribution < 1.29 is 9.47 Å². The van der Waals surface area contributed by atoms with Crippen LogP contribution in [0.25, 0.3) is 0 Å². The monoisotopic (exact) mass is 354 g/mol. The molecule has 2 fully saturated rings. The maximum Gasteiger partial charge on any atom is 0.190 e. The Labute approximate surface area is 153 Å². The van der Waals surface area contributed by atoms with E-state index in [2.05, 4.69) is 27.6 Å². The van der Waals surface area contributed by atoms with Crippen LogP contribution in [0.2, 0.25) is 0 Å². The van der Waals surface area contributed by atoms with Crippen LogP contribution in [0.4, 0.5) is 0 Å². The van der Waals surface area contributed by atoms with Gasteiger partial charge in [0.2, 0.25) is 0 Å². The molecule has 0 aromatic rings. The Balaban J connectivity index is 1.43. The Kier molecular flexibility index (Phi) is 10.2. The molecule has 0 bridgehead atoms. The van der Waals surface area contributed by atoms with Gasteiger partial charge < -0.3 is 25.0 Å². The number of guanidine groups is 1. The topological polar surface area (TPSA) is 58.1 Å². The quantitative estimate of drug-likeness (QED) is 0.375. The van der Waals surface area contributed by atoms with Crippen LogP contribution in [-0.2, 0) is 9.47 Å². The minimum Gasteiger partial charge on any atom is -0.381 e. The van der Waals surface area contributed by atoms with Crippen molar-refractivity contribution in [2.75, 3.05) is 66.7 Å². The molecule has 0 aromatic carbocycles. The van der Waals surface area contributed by atoms with E-state index in [1.54, 1.807) is 0 Å². The van der Waals surface area contributed by atoms with Gasteiger partial charge in [-0.05, 0) is 70.5 Å². The minimum absolute atomic E-state index is 0.690. The number of hydrogen-bond acceptors (Lipinski definition) is 4. The molecular formula is C19H38N4O2. The van der Waals surface area contributed by atoms with E-state index in [0.29, 0.717) is 5.92 Å². The summed E-state index contributed by atoms with van der Waals surface area (Å²) in [6.45, 7) is 7.89. The first-order chi connectivity index (χ1) is 12.3. The molecule has 6 heteroatoms. The van der Waals surface area contributed by atoms with E-state index in [9.17, 15) is 0 Å². The Morgan fingerprint density at radius 2 is 1.80 bits per heavy atom. The number of ether oxygens (including phenoxy) is 2. The van der Waals surface area contributed by atoms with E-state index in [4.69, 9.17) is 9.47 Å². The van der Waals surface area contributed by atoms with Crippen molar-refractivity contribution in [2.45, 2.75) is 38.5 Å². The van der Waals surface area contributed by atoms with Crippen LogP contribution in [0, 0.1) is 11.8 Å². The van der Waals surface area contributed by atoms with Crippen LogP contribution in [0.15, 0.2) is 4.99 Å². The molecule has 2 aliphatic heterocycles. The largest absolute Gasteiger partial charge is 0.381 e. The molecule has 2 heterocycles. The number of hydrogen-bond donors (Lipinski definition) is 2. The third kappa shape index (κ3) is 8.88. The van der Waals surface area contributed by atoms with E-state index in [0.717, 1.165) is 70.7 Å². The molecule has 146 valence electrons. The summed E-state index contributed by atoms with van der Waals surface area (Å²) in [6, 6.07) is 0. The van der Waals surface area contributed by atoms with Gasteiger partial charge in [0, 0.05) is 46.6 Å². The average molecular weight is 355 g/mol. The molecule has 0 unspecified atom stereocenters. The highest BCUT2D eigenvalue weighted by Gasteiger charge is 2.16. The van der Waals surface area contributed by atoms with E-state index in [1.807, 2.05) is 7.05 Å². The third-order valence-electron chi connectivity index (χ3n) is 5.36. The smallest absolute Gasteiger partial charge is 0.190 e. The zero-order valence-corrected chi connectivity index (χ0v) is 16.3. The molecule has 2 rings (SSSR count). The molecule has 0 spiro atoms. The molecule has 2 N–H and O–H groups in total. The Morgan fingerprint density at radius 1 is 1.08 bits per heavy atom. The maximum absolute atomic E-state index is 5.80. The standard InChI is InChI=1S/C19H38N4O2/c1-20-19(22-10-4-17-5-11-23(2)12-6-17)21-9-3-13-25-16-18-7-14-24-15-8-18/h17-18H,3-16H2,1-2H3,(H2,20,21,22). The lowest BCUT2D eigenvalue weighted by Crippen LogP contribution is -2.39. The van der Waals surface area contributed by atoms with Crippen molar-refractivity contribution >= 4 is 5.96 Å². The maximum atomic E-state index is 5.80. The Bertz CT molecular complexity index is 364. The summed E-state index contributed by atoms with van der Waals surface area (Å²) in [4.78, 5) is 6.73. The van der Waals surface area contributed by atoms with Gasteiger partial charge >= 0.3 is 0 Å². The first kappa shape index (κ1) is 20.5. The van der Waals surface area contributed by atoms with Gasteiger partial charge in [-0.2, -0.15) is 0 Å². The first-order valence-corrected chi connectivity index (χ1v) is 10.1. The fraction of sp³-hybridized carbons (Fsp3) is 0.947. The molecule has 0 atom stereocenters. The zero-order chi connectivity index (χ0) is 17.7. The van der Waals surface area contributed by atoms with Gasteiger partial charge in [0.1, 0.15) is 0 Å². The van der Waals surface area contributed by atoms with Gasteiger partial charge in [-0.25, -0.2) is 0 Å². The molecule has 0 saturated carbocycles. The molecule has 2 saturated heterocycles. The van der Waals surface area contributed by atoms with E-state index in [1.165, 1.54) is 32.4 Å². The number of likely N-dealkylation sites (tertiary alicyclic amines) is 1. The number of aliphatic imine (C=N–C) groups is 1. The second-order valence-electron chi connectivity index (χ2n) is 7.45. The van der Waals surface area contributed by atoms with Gasteiger partial charge in [0.25, 0.3) is 0 Å². The summed E-state index contributed by atoms with van der Waals surface area (Å²) in [5.74, 6) is 2.47. The van der Waals surface area contributed by atoms with Gasteiger partial charge in [0.05, 0.1) is 0 Å². The van der Waals surface area contributed by atoms with Gasteiger partial charge in [-0.3, -0.25) is 4.99 Å². The second kappa shape index (κ2) is 12.5. The van der Waals surface area contributed by atoms with Crippen LogP contribution < -0.4 is 10.6 Å². The van der Waals surface area contributed by atoms with Crippen molar-refractivity contribution in [3.8, 4) is 0 Å². The highest BCUT2D eigenvalue weighted by atomic mass is 16.5. The van der Waals surface area contributed by atoms with Crippen molar-refractivity contribution in [1.82, 2.24) is 15.5 Å². The molecule has 2 aliphatic rings. The third-order valence-corrected chi connectivity index (χ3v) is 5.36. The summed E-state index contributed by atoms with van der Waals surface area (Å²) >= 11 is 0. The molecule has 6 nitrogen and oxygen atoms in total. The van der Waals surface area contributed by atoms with E-state index in [-0.39, 0.29) is 0 Å². The summed E-state index contributed by atoms with van der Waals surface area (Å²) in [5, 5.41) is 6.82. The van der Waals surface area contributed by atoms with Gasteiger partial charge in [0.15, 0.2) is 5.96 Å². The Morgan fingerprint density at radius 3 is 2.52 bits per heavy atom. The minimum atomic E-state index is 0.690.